The average Bonchev–Trinajstić information content (AvgIpc) is 2.02. The first-order chi connectivity index (χ1) is 4.93. The first-order valence-electron chi connectivity index (χ1n) is 4.04. The lowest BCUT2D eigenvalue weighted by atomic mass is 10.1. The molecule has 0 aromatic carbocycles. The second kappa shape index (κ2) is 3.69. The molecule has 0 N–H and O–H groups in total. The van der Waals surface area contributed by atoms with E-state index in [0.29, 0.717) is 0 Å². The molecule has 0 amide bonds. The van der Waals surface area contributed by atoms with E-state index in [1.54, 1.807) is 14.2 Å². The van der Waals surface area contributed by atoms with Crippen LogP contribution in [0.5, 0.6) is 0 Å². The van der Waals surface area contributed by atoms with E-state index in [-0.39, 0.29) is 5.04 Å². The van der Waals surface area contributed by atoms with Crippen LogP contribution < -0.4 is 0 Å². The van der Waals surface area contributed by atoms with Gasteiger partial charge in [-0.05, 0) is 13.0 Å². The maximum atomic E-state index is 5.46. The maximum absolute atomic E-state index is 5.46. The van der Waals surface area contributed by atoms with E-state index >= 15 is 0 Å². The van der Waals surface area contributed by atoms with Gasteiger partial charge >= 0.3 is 8.56 Å². The fourth-order valence-electron chi connectivity index (χ4n) is 0.957. The van der Waals surface area contributed by atoms with Gasteiger partial charge in [-0.1, -0.05) is 20.8 Å². The largest absolute Gasteiger partial charge is 0.397 e. The summed E-state index contributed by atoms with van der Waals surface area (Å²) in [7, 11) is 1.56. The quantitative estimate of drug-likeness (QED) is 0.613. The average molecular weight is 176 g/mol. The molecule has 0 heterocycles. The Kier molecular flexibility index (Phi) is 3.74. The summed E-state index contributed by atoms with van der Waals surface area (Å²) < 4.78 is 10.9. The predicted octanol–water partition coefficient (Wildman–Crippen LogP) is 2.54. The van der Waals surface area contributed by atoms with Crippen molar-refractivity contribution in [3.63, 3.8) is 0 Å². The number of hydrogen-bond donors (Lipinski definition) is 0. The van der Waals surface area contributed by atoms with Crippen LogP contribution in [-0.4, -0.2) is 22.8 Å². The Labute approximate surface area is 71.1 Å². The molecular weight excluding hydrogens is 156 g/mol. The lowest BCUT2D eigenvalue weighted by Crippen LogP contribution is -2.46. The molecule has 0 saturated carbocycles. The molecule has 0 bridgehead atoms. The SMILES string of the molecule is CCC(C)(C)[Si](C)(OC)OC. The molecule has 0 unspecified atom stereocenters. The second-order valence-corrected chi connectivity index (χ2v) is 7.65. The first-order valence-corrected chi connectivity index (χ1v) is 6.35. The molecule has 0 fully saturated rings. The van der Waals surface area contributed by atoms with Crippen molar-refractivity contribution in [3.8, 4) is 0 Å². The zero-order chi connectivity index (χ0) is 9.12. The van der Waals surface area contributed by atoms with Gasteiger partial charge in [-0.25, -0.2) is 0 Å². The zero-order valence-electron chi connectivity index (χ0n) is 8.52. The summed E-state index contributed by atoms with van der Waals surface area (Å²) in [5.41, 5.74) is 0. The molecular formula is C8H20O2Si. The van der Waals surface area contributed by atoms with Crippen molar-refractivity contribution in [2.45, 2.75) is 38.8 Å². The summed E-state index contributed by atoms with van der Waals surface area (Å²) in [4.78, 5) is 0. The Bertz CT molecular complexity index is 119. The molecule has 11 heavy (non-hydrogen) atoms. The standard InChI is InChI=1S/C8H20O2Si/c1-7-8(2,3)11(6,9-4)10-5/h7H2,1-6H3. The maximum Gasteiger partial charge on any atom is 0.340 e. The molecule has 0 aliphatic carbocycles. The van der Waals surface area contributed by atoms with Crippen molar-refractivity contribution in [1.82, 2.24) is 0 Å². The fourth-order valence-corrected chi connectivity index (χ4v) is 2.87. The van der Waals surface area contributed by atoms with Gasteiger partial charge in [0.1, 0.15) is 0 Å². The molecule has 0 aliphatic heterocycles. The summed E-state index contributed by atoms with van der Waals surface area (Å²) in [6, 6.07) is 0. The Morgan fingerprint density at radius 3 is 1.64 bits per heavy atom. The lowest BCUT2D eigenvalue weighted by Gasteiger charge is -2.37. The van der Waals surface area contributed by atoms with Crippen molar-refractivity contribution in [3.05, 3.63) is 0 Å². The summed E-state index contributed by atoms with van der Waals surface area (Å²) >= 11 is 0. The van der Waals surface area contributed by atoms with Gasteiger partial charge < -0.3 is 8.85 Å². The zero-order valence-corrected chi connectivity index (χ0v) is 9.52. The van der Waals surface area contributed by atoms with Crippen molar-refractivity contribution in [2.24, 2.45) is 0 Å². The molecule has 0 spiro atoms. The highest BCUT2D eigenvalue weighted by atomic mass is 28.4. The van der Waals surface area contributed by atoms with Crippen LogP contribution in [-0.2, 0) is 8.85 Å². The Balaban J connectivity index is 4.47. The van der Waals surface area contributed by atoms with Crippen LogP contribution in [0.3, 0.4) is 0 Å². The second-order valence-electron chi connectivity index (χ2n) is 3.59. The molecule has 0 atom stereocenters. The molecule has 0 aliphatic rings. The molecule has 0 rings (SSSR count). The summed E-state index contributed by atoms with van der Waals surface area (Å²) in [6.07, 6.45) is 1.09. The van der Waals surface area contributed by atoms with Gasteiger partial charge in [-0.3, -0.25) is 0 Å². The molecule has 2 nitrogen and oxygen atoms in total. The molecule has 0 saturated heterocycles. The summed E-state index contributed by atoms with van der Waals surface area (Å²) in [5.74, 6) is 0. The van der Waals surface area contributed by atoms with E-state index in [9.17, 15) is 0 Å². The van der Waals surface area contributed by atoms with E-state index in [0.717, 1.165) is 6.42 Å². The summed E-state index contributed by atoms with van der Waals surface area (Å²) in [6.45, 7) is 8.68. The Hall–Kier alpha value is 0.137. The highest BCUT2D eigenvalue weighted by Crippen LogP contribution is 2.40. The van der Waals surface area contributed by atoms with Crippen LogP contribution in [0.4, 0.5) is 0 Å². The minimum atomic E-state index is -1.92. The van der Waals surface area contributed by atoms with Crippen LogP contribution >= 0.6 is 0 Å². The molecule has 0 radical (unpaired) electrons. The minimum absolute atomic E-state index is 0.191. The highest BCUT2D eigenvalue weighted by Gasteiger charge is 2.44. The van der Waals surface area contributed by atoms with Crippen molar-refractivity contribution in [2.75, 3.05) is 14.2 Å². The van der Waals surface area contributed by atoms with E-state index in [1.807, 2.05) is 0 Å². The van der Waals surface area contributed by atoms with Crippen LogP contribution in [0.25, 0.3) is 0 Å². The smallest absolute Gasteiger partial charge is 0.340 e. The van der Waals surface area contributed by atoms with Gasteiger partial charge in [-0.2, -0.15) is 0 Å². The van der Waals surface area contributed by atoms with Crippen molar-refractivity contribution >= 4 is 8.56 Å². The van der Waals surface area contributed by atoms with Gasteiger partial charge in [0.25, 0.3) is 0 Å². The normalized spacial score (nSPS) is 13.6. The summed E-state index contributed by atoms with van der Waals surface area (Å²) in [5, 5.41) is 0.191. The van der Waals surface area contributed by atoms with Crippen LogP contribution in [0, 0.1) is 0 Å². The van der Waals surface area contributed by atoms with Gasteiger partial charge in [0.05, 0.1) is 0 Å². The number of rotatable bonds is 4. The monoisotopic (exact) mass is 176 g/mol. The van der Waals surface area contributed by atoms with Crippen LogP contribution in [0.15, 0.2) is 0 Å². The van der Waals surface area contributed by atoms with Crippen LogP contribution in [0.2, 0.25) is 11.6 Å². The van der Waals surface area contributed by atoms with Gasteiger partial charge in [0, 0.05) is 19.3 Å². The van der Waals surface area contributed by atoms with Gasteiger partial charge in [0.15, 0.2) is 0 Å². The van der Waals surface area contributed by atoms with E-state index in [4.69, 9.17) is 8.85 Å². The third-order valence-corrected chi connectivity index (χ3v) is 7.26. The first kappa shape index (κ1) is 11.1. The predicted molar refractivity (Wildman–Crippen MR) is 50.0 cm³/mol. The highest BCUT2D eigenvalue weighted by molar-refractivity contribution is 6.69. The van der Waals surface area contributed by atoms with Crippen LogP contribution in [0.1, 0.15) is 27.2 Å². The third kappa shape index (κ3) is 2.04. The van der Waals surface area contributed by atoms with E-state index in [2.05, 4.69) is 27.3 Å². The van der Waals surface area contributed by atoms with E-state index in [1.165, 1.54) is 0 Å². The Morgan fingerprint density at radius 1 is 1.18 bits per heavy atom. The fraction of sp³-hybridized carbons (Fsp3) is 1.00. The van der Waals surface area contributed by atoms with Gasteiger partial charge in [0.2, 0.25) is 0 Å². The number of hydrogen-bond acceptors (Lipinski definition) is 2. The topological polar surface area (TPSA) is 18.5 Å². The van der Waals surface area contributed by atoms with Crippen molar-refractivity contribution in [1.29, 1.82) is 0 Å². The molecule has 68 valence electrons. The molecule has 0 aromatic rings. The lowest BCUT2D eigenvalue weighted by molar-refractivity contribution is 0.215. The minimum Gasteiger partial charge on any atom is -0.397 e. The molecule has 3 heteroatoms. The third-order valence-electron chi connectivity index (χ3n) is 2.89. The van der Waals surface area contributed by atoms with Crippen molar-refractivity contribution < 1.29 is 8.85 Å². The van der Waals surface area contributed by atoms with Gasteiger partial charge in [-0.15, -0.1) is 0 Å². The molecule has 0 aromatic heterocycles. The Morgan fingerprint density at radius 2 is 1.55 bits per heavy atom. The van der Waals surface area contributed by atoms with E-state index < -0.39 is 8.56 Å².